The fourth-order valence-corrected chi connectivity index (χ4v) is 5.11. The summed E-state index contributed by atoms with van der Waals surface area (Å²) in [7, 11) is 0. The summed E-state index contributed by atoms with van der Waals surface area (Å²) < 4.78 is 2.55. The number of anilines is 3. The number of carbonyl (C=O) groups excluding carboxylic acids is 2. The zero-order valence-corrected chi connectivity index (χ0v) is 21.2. The Morgan fingerprint density at radius 1 is 1.12 bits per heavy atom. The quantitative estimate of drug-likeness (QED) is 0.233. The molecule has 9 nitrogen and oxygen atoms in total. The summed E-state index contributed by atoms with van der Waals surface area (Å²) in [5, 5.41) is 11.3. The fraction of sp³-hybridized carbons (Fsp3) is 0.348. The number of nitrogens with zero attached hydrogens (tertiary/aromatic N) is 5. The van der Waals surface area contributed by atoms with Crippen LogP contribution in [0.25, 0.3) is 0 Å². The van der Waals surface area contributed by atoms with Crippen LogP contribution in [0.3, 0.4) is 0 Å². The second-order valence-corrected chi connectivity index (χ2v) is 9.63. The Kier molecular flexibility index (Phi) is 6.68. The second kappa shape index (κ2) is 9.87. The average molecular weight is 592 g/mol. The van der Waals surface area contributed by atoms with Crippen molar-refractivity contribution < 1.29 is 9.59 Å². The first-order valence-corrected chi connectivity index (χ1v) is 13.0. The van der Waals surface area contributed by atoms with Crippen LogP contribution < -0.4 is 10.6 Å². The molecule has 2 atom stereocenters. The Morgan fingerprint density at radius 2 is 1.88 bits per heavy atom. The minimum Gasteiger partial charge on any atom is -0.366 e. The van der Waals surface area contributed by atoms with Gasteiger partial charge in [0.2, 0.25) is 5.95 Å². The number of hydrogen-bond donors (Lipinski definition) is 2. The summed E-state index contributed by atoms with van der Waals surface area (Å²) in [6, 6.07) is 7.15. The van der Waals surface area contributed by atoms with Crippen LogP contribution in [0.2, 0.25) is 5.02 Å². The third kappa shape index (κ3) is 4.74. The van der Waals surface area contributed by atoms with Crippen molar-refractivity contribution in [3.8, 4) is 0 Å². The Hall–Kier alpha value is -2.73. The summed E-state index contributed by atoms with van der Waals surface area (Å²) in [6.45, 7) is 0.426. The molecule has 1 fully saturated rings. The molecule has 1 aliphatic heterocycles. The molecule has 0 spiro atoms. The molecule has 0 saturated heterocycles. The molecular formula is C23H23ClIN7O2. The molecule has 176 valence electrons. The van der Waals surface area contributed by atoms with Crippen molar-refractivity contribution in [2.45, 2.75) is 36.3 Å². The highest BCUT2D eigenvalue weighted by atomic mass is 127. The predicted octanol–water partition coefficient (Wildman–Crippen LogP) is 4.73. The van der Waals surface area contributed by atoms with Crippen molar-refractivity contribution in [3.63, 3.8) is 0 Å². The molecular weight excluding hydrogens is 569 g/mol. The number of aromatic nitrogens is 4. The van der Waals surface area contributed by atoms with E-state index < -0.39 is 0 Å². The monoisotopic (exact) mass is 591 g/mol. The predicted molar refractivity (Wildman–Crippen MR) is 138 cm³/mol. The van der Waals surface area contributed by atoms with Gasteiger partial charge >= 0.3 is 0 Å². The first kappa shape index (κ1) is 23.0. The lowest BCUT2D eigenvalue weighted by atomic mass is 9.85. The van der Waals surface area contributed by atoms with Gasteiger partial charge in [0.05, 0.1) is 33.8 Å². The zero-order chi connectivity index (χ0) is 23.7. The maximum atomic E-state index is 12.7. The van der Waals surface area contributed by atoms with Gasteiger partial charge in [0.25, 0.3) is 11.8 Å². The fourth-order valence-electron chi connectivity index (χ4n) is 4.60. The number of amides is 2. The van der Waals surface area contributed by atoms with Crippen LogP contribution in [0.5, 0.6) is 0 Å². The topological polar surface area (TPSA) is 105 Å². The molecule has 2 aromatic heterocycles. The number of nitrogens with one attached hydrogen (secondary N) is 2. The standard InChI is InChI=1S/C23H23ClIN7O2/c24-19-10-26-23(29-16-9-27-31(12-16)13-25)30-20(19)28-15-5-3-4-14(8-15)11-32-21(33)17-6-1-2-7-18(17)22(32)34/h1-2,6-7,9-10,12,14-15H,3-5,8,11,13H2,(H2,26,28,29,30). The minimum atomic E-state index is -0.198. The number of fused-ring (bicyclic) bond motifs is 1. The van der Waals surface area contributed by atoms with Crippen LogP contribution in [-0.2, 0) is 4.55 Å². The van der Waals surface area contributed by atoms with E-state index in [1.807, 2.05) is 6.20 Å². The number of carbonyl (C=O) groups is 2. The molecule has 1 saturated carbocycles. The van der Waals surface area contributed by atoms with Crippen LogP contribution in [0, 0.1) is 5.92 Å². The van der Waals surface area contributed by atoms with Gasteiger partial charge in [-0.15, -0.1) is 0 Å². The molecule has 2 aliphatic rings. The van der Waals surface area contributed by atoms with Gasteiger partial charge in [0.1, 0.15) is 5.02 Å². The van der Waals surface area contributed by atoms with Gasteiger partial charge in [-0.25, -0.2) is 4.98 Å². The summed E-state index contributed by atoms with van der Waals surface area (Å²) in [4.78, 5) is 35.7. The lowest BCUT2D eigenvalue weighted by molar-refractivity contribution is 0.0614. The Balaban J connectivity index is 1.23. The van der Waals surface area contributed by atoms with E-state index >= 15 is 0 Å². The first-order chi connectivity index (χ1) is 16.5. The van der Waals surface area contributed by atoms with Gasteiger partial charge in [-0.05, 0) is 37.3 Å². The summed E-state index contributed by atoms with van der Waals surface area (Å²) in [5.74, 6) is 0.808. The summed E-state index contributed by atoms with van der Waals surface area (Å²) >= 11 is 8.61. The maximum Gasteiger partial charge on any atom is 0.261 e. The highest BCUT2D eigenvalue weighted by Gasteiger charge is 2.37. The van der Waals surface area contributed by atoms with Gasteiger partial charge in [0.15, 0.2) is 5.82 Å². The van der Waals surface area contributed by atoms with Crippen LogP contribution >= 0.6 is 34.2 Å². The minimum absolute atomic E-state index is 0.135. The van der Waals surface area contributed by atoms with Crippen molar-refractivity contribution in [2.24, 2.45) is 5.92 Å². The van der Waals surface area contributed by atoms with Gasteiger partial charge in [-0.3, -0.25) is 19.2 Å². The highest BCUT2D eigenvalue weighted by molar-refractivity contribution is 14.1. The van der Waals surface area contributed by atoms with Crippen LogP contribution in [-0.4, -0.2) is 49.0 Å². The SMILES string of the molecule is O=C1c2ccccc2C(=O)N1CC1CCCC(Nc2nc(Nc3cnn(CI)c3)ncc2Cl)C1. The van der Waals surface area contributed by atoms with Gasteiger partial charge in [0, 0.05) is 18.8 Å². The van der Waals surface area contributed by atoms with Crippen LogP contribution in [0.15, 0.2) is 42.9 Å². The average Bonchev–Trinajstić information content (AvgIpc) is 3.40. The summed E-state index contributed by atoms with van der Waals surface area (Å²) in [6.07, 6.45) is 8.91. The summed E-state index contributed by atoms with van der Waals surface area (Å²) in [5.41, 5.74) is 1.79. The van der Waals surface area contributed by atoms with E-state index in [-0.39, 0.29) is 23.8 Å². The molecule has 2 unspecified atom stereocenters. The molecule has 34 heavy (non-hydrogen) atoms. The lowest BCUT2D eigenvalue weighted by Crippen LogP contribution is -2.38. The number of imide groups is 1. The van der Waals surface area contributed by atoms with Gasteiger partial charge < -0.3 is 10.6 Å². The van der Waals surface area contributed by atoms with Crippen molar-refractivity contribution in [1.29, 1.82) is 0 Å². The Bertz CT molecular complexity index is 1200. The Labute approximate surface area is 215 Å². The third-order valence-electron chi connectivity index (χ3n) is 6.20. The highest BCUT2D eigenvalue weighted by Crippen LogP contribution is 2.32. The molecule has 2 amide bonds. The second-order valence-electron chi connectivity index (χ2n) is 8.54. The number of alkyl halides is 1. The Morgan fingerprint density at radius 3 is 2.59 bits per heavy atom. The largest absolute Gasteiger partial charge is 0.366 e. The smallest absolute Gasteiger partial charge is 0.261 e. The van der Waals surface area contributed by atoms with Crippen LogP contribution in [0.4, 0.5) is 17.5 Å². The van der Waals surface area contributed by atoms with Gasteiger partial charge in [-0.2, -0.15) is 10.1 Å². The zero-order valence-electron chi connectivity index (χ0n) is 18.2. The van der Waals surface area contributed by atoms with E-state index in [1.54, 1.807) is 41.3 Å². The molecule has 1 aromatic carbocycles. The van der Waals surface area contributed by atoms with Crippen LogP contribution in [0.1, 0.15) is 46.4 Å². The molecule has 3 heterocycles. The molecule has 1 aliphatic carbocycles. The van der Waals surface area contributed by atoms with Crippen molar-refractivity contribution in [2.75, 3.05) is 17.2 Å². The van der Waals surface area contributed by atoms with E-state index in [1.165, 1.54) is 4.90 Å². The van der Waals surface area contributed by atoms with E-state index in [2.05, 4.69) is 48.3 Å². The number of rotatable bonds is 7. The van der Waals surface area contributed by atoms with E-state index in [4.69, 9.17) is 11.6 Å². The maximum absolute atomic E-state index is 12.7. The number of benzene rings is 1. The molecule has 0 bridgehead atoms. The van der Waals surface area contributed by atoms with E-state index in [9.17, 15) is 9.59 Å². The molecule has 3 aromatic rings. The molecule has 5 rings (SSSR count). The molecule has 2 N–H and O–H groups in total. The van der Waals surface area contributed by atoms with Crippen molar-refractivity contribution >= 4 is 63.5 Å². The number of hydrogen-bond acceptors (Lipinski definition) is 7. The van der Waals surface area contributed by atoms with Crippen molar-refractivity contribution in [1.82, 2.24) is 24.6 Å². The van der Waals surface area contributed by atoms with Crippen molar-refractivity contribution in [3.05, 3.63) is 59.0 Å². The van der Waals surface area contributed by atoms with E-state index in [0.29, 0.717) is 34.5 Å². The number of halogens is 2. The van der Waals surface area contributed by atoms with Gasteiger partial charge in [-0.1, -0.05) is 52.7 Å². The molecule has 0 radical (unpaired) electrons. The van der Waals surface area contributed by atoms with E-state index in [0.717, 1.165) is 35.9 Å². The molecule has 11 heteroatoms. The lowest BCUT2D eigenvalue weighted by Gasteiger charge is -2.32. The normalized spacial score (nSPS) is 19.9. The first-order valence-electron chi connectivity index (χ1n) is 11.1. The third-order valence-corrected chi connectivity index (χ3v) is 7.17.